The lowest BCUT2D eigenvalue weighted by Gasteiger charge is -2.04. The third kappa shape index (κ3) is 3.81. The number of benzene rings is 1. The summed E-state index contributed by atoms with van der Waals surface area (Å²) in [4.78, 5) is 6.03. The summed E-state index contributed by atoms with van der Waals surface area (Å²) in [5, 5.41) is 4.25. The van der Waals surface area contributed by atoms with Gasteiger partial charge in [0.2, 0.25) is 0 Å². The van der Waals surface area contributed by atoms with E-state index in [0.29, 0.717) is 12.5 Å². The first-order valence-electron chi connectivity index (χ1n) is 6.92. The van der Waals surface area contributed by atoms with Crippen molar-refractivity contribution in [3.05, 3.63) is 45.4 Å². The number of hydrogen-bond acceptors (Lipinski definition) is 4. The Labute approximate surface area is 125 Å². The van der Waals surface area contributed by atoms with Crippen LogP contribution in [0.4, 0.5) is 0 Å². The third-order valence-corrected chi connectivity index (χ3v) is 4.05. The second-order valence-electron chi connectivity index (χ2n) is 5.21. The van der Waals surface area contributed by atoms with E-state index in [1.807, 2.05) is 25.2 Å². The van der Waals surface area contributed by atoms with Gasteiger partial charge in [-0.1, -0.05) is 26.0 Å². The molecular weight excluding hydrogens is 268 g/mol. The van der Waals surface area contributed by atoms with Crippen molar-refractivity contribution < 1.29 is 4.74 Å². The minimum absolute atomic E-state index is 0.447. The molecule has 1 N–H and O–H groups in total. The predicted octanol–water partition coefficient (Wildman–Crippen LogP) is 3.87. The molecule has 0 aliphatic rings. The molecule has 4 heteroatoms. The summed E-state index contributed by atoms with van der Waals surface area (Å²) in [6.45, 7) is 7.84. The Morgan fingerprint density at radius 1 is 1.35 bits per heavy atom. The molecule has 108 valence electrons. The number of nitrogens with zero attached hydrogens (tertiary/aromatic N) is 1. The Morgan fingerprint density at radius 2 is 2.15 bits per heavy atom. The van der Waals surface area contributed by atoms with Gasteiger partial charge in [-0.05, 0) is 37.6 Å². The number of hydrogen-bond donors (Lipinski definition) is 1. The molecule has 0 bridgehead atoms. The Morgan fingerprint density at radius 3 is 2.80 bits per heavy atom. The molecule has 0 aliphatic heterocycles. The highest BCUT2D eigenvalue weighted by Crippen LogP contribution is 2.26. The van der Waals surface area contributed by atoms with E-state index in [1.165, 1.54) is 16.1 Å². The SMILES string of the molecule is CNCc1sc(COc2cccc(C)c2)nc1C(C)C. The summed E-state index contributed by atoms with van der Waals surface area (Å²) in [5.74, 6) is 1.35. The minimum atomic E-state index is 0.447. The van der Waals surface area contributed by atoms with E-state index in [2.05, 4.69) is 32.2 Å². The molecular formula is C16H22N2OS. The van der Waals surface area contributed by atoms with Crippen LogP contribution in [-0.4, -0.2) is 12.0 Å². The molecule has 0 aliphatic carbocycles. The lowest BCUT2D eigenvalue weighted by atomic mass is 10.1. The van der Waals surface area contributed by atoms with Crippen LogP contribution in [0.1, 0.15) is 40.9 Å². The fourth-order valence-corrected chi connectivity index (χ4v) is 3.21. The van der Waals surface area contributed by atoms with E-state index < -0.39 is 0 Å². The standard InChI is InChI=1S/C16H22N2OS/c1-11(2)16-14(9-17-4)20-15(18-16)10-19-13-7-5-6-12(3)8-13/h5-8,11,17H,9-10H2,1-4H3. The maximum Gasteiger partial charge on any atom is 0.140 e. The molecule has 1 heterocycles. The third-order valence-electron chi connectivity index (χ3n) is 3.01. The second-order valence-corrected chi connectivity index (χ2v) is 6.37. The Balaban J connectivity index is 2.07. The first kappa shape index (κ1) is 15.0. The van der Waals surface area contributed by atoms with E-state index in [1.54, 1.807) is 11.3 Å². The van der Waals surface area contributed by atoms with Gasteiger partial charge in [0.1, 0.15) is 17.4 Å². The van der Waals surface area contributed by atoms with Crippen LogP contribution in [0.2, 0.25) is 0 Å². The average molecular weight is 290 g/mol. The largest absolute Gasteiger partial charge is 0.486 e. The molecule has 0 amide bonds. The summed E-state index contributed by atoms with van der Waals surface area (Å²) >= 11 is 1.74. The van der Waals surface area contributed by atoms with Crippen molar-refractivity contribution in [2.75, 3.05) is 7.05 Å². The van der Waals surface area contributed by atoms with Crippen LogP contribution in [0.5, 0.6) is 5.75 Å². The number of thiazole rings is 1. The number of aryl methyl sites for hydroxylation is 1. The maximum atomic E-state index is 5.83. The lowest BCUT2D eigenvalue weighted by molar-refractivity contribution is 0.305. The molecule has 0 unspecified atom stereocenters. The van der Waals surface area contributed by atoms with Gasteiger partial charge in [0.25, 0.3) is 0 Å². The molecule has 0 saturated heterocycles. The van der Waals surface area contributed by atoms with Gasteiger partial charge in [-0.3, -0.25) is 0 Å². The van der Waals surface area contributed by atoms with Gasteiger partial charge in [-0.25, -0.2) is 4.98 Å². The van der Waals surface area contributed by atoms with E-state index >= 15 is 0 Å². The second kappa shape index (κ2) is 6.86. The molecule has 0 fully saturated rings. The summed E-state index contributed by atoms with van der Waals surface area (Å²) < 4.78 is 5.83. The Bertz CT molecular complexity index is 563. The number of ether oxygens (including phenoxy) is 1. The van der Waals surface area contributed by atoms with Gasteiger partial charge in [0, 0.05) is 11.4 Å². The quantitative estimate of drug-likeness (QED) is 0.877. The molecule has 0 radical (unpaired) electrons. The highest BCUT2D eigenvalue weighted by Gasteiger charge is 2.13. The van der Waals surface area contributed by atoms with E-state index in [-0.39, 0.29) is 0 Å². The number of nitrogens with one attached hydrogen (secondary N) is 1. The van der Waals surface area contributed by atoms with Crippen molar-refractivity contribution in [1.82, 2.24) is 10.3 Å². The molecule has 0 saturated carbocycles. The molecule has 1 aromatic heterocycles. The van der Waals surface area contributed by atoms with Gasteiger partial charge in [-0.15, -0.1) is 11.3 Å². The van der Waals surface area contributed by atoms with Crippen LogP contribution < -0.4 is 10.1 Å². The molecule has 2 rings (SSSR count). The van der Waals surface area contributed by atoms with Crippen LogP contribution in [0.15, 0.2) is 24.3 Å². The molecule has 3 nitrogen and oxygen atoms in total. The monoisotopic (exact) mass is 290 g/mol. The van der Waals surface area contributed by atoms with Gasteiger partial charge >= 0.3 is 0 Å². The van der Waals surface area contributed by atoms with E-state index in [0.717, 1.165) is 17.3 Å². The van der Waals surface area contributed by atoms with Crippen LogP contribution in [0.25, 0.3) is 0 Å². The van der Waals surface area contributed by atoms with Gasteiger partial charge in [-0.2, -0.15) is 0 Å². The molecule has 20 heavy (non-hydrogen) atoms. The normalized spacial score (nSPS) is 11.1. The van der Waals surface area contributed by atoms with Gasteiger partial charge in [0.15, 0.2) is 0 Å². The first-order chi connectivity index (χ1) is 9.60. The van der Waals surface area contributed by atoms with E-state index in [4.69, 9.17) is 9.72 Å². The van der Waals surface area contributed by atoms with Crippen molar-refractivity contribution in [2.45, 2.75) is 39.8 Å². The van der Waals surface area contributed by atoms with Crippen LogP contribution in [-0.2, 0) is 13.2 Å². The molecule has 2 aromatic rings. The highest BCUT2D eigenvalue weighted by atomic mass is 32.1. The zero-order chi connectivity index (χ0) is 14.5. The summed E-state index contributed by atoms with van der Waals surface area (Å²) in [6, 6.07) is 8.11. The van der Waals surface area contributed by atoms with Crippen molar-refractivity contribution >= 4 is 11.3 Å². The summed E-state index contributed by atoms with van der Waals surface area (Å²) in [5.41, 5.74) is 2.40. The predicted molar refractivity (Wildman–Crippen MR) is 84.5 cm³/mol. The van der Waals surface area contributed by atoms with Crippen molar-refractivity contribution in [1.29, 1.82) is 0 Å². The zero-order valence-corrected chi connectivity index (χ0v) is 13.4. The average Bonchev–Trinajstić information content (AvgIpc) is 2.80. The molecule has 0 atom stereocenters. The van der Waals surface area contributed by atoms with Gasteiger partial charge in [0.05, 0.1) is 5.69 Å². The van der Waals surface area contributed by atoms with Crippen molar-refractivity contribution in [3.8, 4) is 5.75 Å². The summed E-state index contributed by atoms with van der Waals surface area (Å²) in [6.07, 6.45) is 0. The first-order valence-corrected chi connectivity index (χ1v) is 7.74. The minimum Gasteiger partial charge on any atom is -0.486 e. The van der Waals surface area contributed by atoms with Crippen LogP contribution in [0.3, 0.4) is 0 Å². The Hall–Kier alpha value is -1.39. The van der Waals surface area contributed by atoms with Crippen molar-refractivity contribution in [3.63, 3.8) is 0 Å². The fraction of sp³-hybridized carbons (Fsp3) is 0.438. The van der Waals surface area contributed by atoms with E-state index in [9.17, 15) is 0 Å². The molecule has 1 aromatic carbocycles. The zero-order valence-electron chi connectivity index (χ0n) is 12.6. The molecule has 0 spiro atoms. The number of aromatic nitrogens is 1. The van der Waals surface area contributed by atoms with Crippen molar-refractivity contribution in [2.24, 2.45) is 0 Å². The topological polar surface area (TPSA) is 34.1 Å². The Kier molecular flexibility index (Phi) is 5.15. The highest BCUT2D eigenvalue weighted by molar-refractivity contribution is 7.11. The summed E-state index contributed by atoms with van der Waals surface area (Å²) in [7, 11) is 1.97. The van der Waals surface area contributed by atoms with Gasteiger partial charge < -0.3 is 10.1 Å². The van der Waals surface area contributed by atoms with Crippen LogP contribution in [0, 0.1) is 6.92 Å². The number of rotatable bonds is 6. The smallest absolute Gasteiger partial charge is 0.140 e. The van der Waals surface area contributed by atoms with Crippen LogP contribution >= 0.6 is 11.3 Å². The maximum absolute atomic E-state index is 5.83. The lowest BCUT2D eigenvalue weighted by Crippen LogP contribution is -2.06. The fourth-order valence-electron chi connectivity index (χ4n) is 2.06.